The van der Waals surface area contributed by atoms with Crippen LogP contribution in [0.4, 0.5) is 5.69 Å². The molecule has 0 spiro atoms. The van der Waals surface area contributed by atoms with Gasteiger partial charge in [0.15, 0.2) is 5.45 Å². The van der Waals surface area contributed by atoms with Crippen LogP contribution < -0.4 is 5.01 Å². The van der Waals surface area contributed by atoms with E-state index < -0.39 is 7.60 Å². The quantitative estimate of drug-likeness (QED) is 0.706. The molecule has 0 saturated carbocycles. The second-order valence-corrected chi connectivity index (χ2v) is 7.30. The Morgan fingerprint density at radius 2 is 1.95 bits per heavy atom. The van der Waals surface area contributed by atoms with Gasteiger partial charge >= 0.3 is 7.60 Å². The van der Waals surface area contributed by atoms with Gasteiger partial charge in [-0.25, -0.2) is 0 Å². The third-order valence-electron chi connectivity index (χ3n) is 3.70. The summed E-state index contributed by atoms with van der Waals surface area (Å²) < 4.78 is 22.7. The minimum absolute atomic E-state index is 0.209. The summed E-state index contributed by atoms with van der Waals surface area (Å²) in [6.07, 6.45) is 3.86. The fraction of sp³-hybridized carbons (Fsp3) is 0.533. The number of anilines is 1. The summed E-state index contributed by atoms with van der Waals surface area (Å²) in [5.41, 5.74) is 1.52. The Labute approximate surface area is 126 Å². The predicted octanol–water partition coefficient (Wildman–Crippen LogP) is 4.25. The monoisotopic (exact) mass is 310 g/mol. The van der Waals surface area contributed by atoms with E-state index in [-0.39, 0.29) is 6.04 Å². The molecular formula is C15H23N2O3P. The van der Waals surface area contributed by atoms with Crippen LogP contribution in [0.15, 0.2) is 35.4 Å². The van der Waals surface area contributed by atoms with Crippen LogP contribution in [0.25, 0.3) is 0 Å². The lowest BCUT2D eigenvalue weighted by molar-refractivity contribution is 0.290. The third kappa shape index (κ3) is 3.54. The molecule has 0 saturated heterocycles. The van der Waals surface area contributed by atoms with Gasteiger partial charge in [0.05, 0.1) is 11.7 Å². The van der Waals surface area contributed by atoms with Crippen LogP contribution in [0.1, 0.15) is 32.6 Å². The summed E-state index contributed by atoms with van der Waals surface area (Å²) in [6.45, 7) is 2.17. The van der Waals surface area contributed by atoms with Crippen molar-refractivity contribution in [2.45, 2.75) is 38.6 Å². The van der Waals surface area contributed by atoms with Crippen LogP contribution in [0.2, 0.25) is 0 Å². The van der Waals surface area contributed by atoms with E-state index in [1.165, 1.54) is 14.2 Å². The van der Waals surface area contributed by atoms with Crippen LogP contribution in [0.5, 0.6) is 0 Å². The summed E-state index contributed by atoms with van der Waals surface area (Å²) >= 11 is 0. The van der Waals surface area contributed by atoms with E-state index in [0.29, 0.717) is 11.9 Å². The zero-order valence-corrected chi connectivity index (χ0v) is 13.8. The van der Waals surface area contributed by atoms with Gasteiger partial charge in [-0.3, -0.25) is 9.57 Å². The summed E-state index contributed by atoms with van der Waals surface area (Å²) in [6, 6.07) is 10.2. The highest BCUT2D eigenvalue weighted by Gasteiger charge is 2.38. The summed E-state index contributed by atoms with van der Waals surface area (Å²) in [5, 5.41) is 6.50. The molecule has 0 aromatic heterocycles. The maximum absolute atomic E-state index is 12.5. The Morgan fingerprint density at radius 1 is 1.29 bits per heavy atom. The highest BCUT2D eigenvalue weighted by atomic mass is 31.2. The molecule has 6 heteroatoms. The Morgan fingerprint density at radius 3 is 2.52 bits per heavy atom. The first-order valence-electron chi connectivity index (χ1n) is 7.28. The Balaban J connectivity index is 2.28. The molecule has 1 aliphatic rings. The molecule has 116 valence electrons. The number of para-hydroxylation sites is 1. The molecule has 1 aliphatic heterocycles. The zero-order chi connectivity index (χ0) is 15.3. The number of hydrogen-bond acceptors (Lipinski definition) is 5. The molecule has 1 atom stereocenters. The molecule has 0 radical (unpaired) electrons. The summed E-state index contributed by atoms with van der Waals surface area (Å²) in [4.78, 5) is 0. The molecular weight excluding hydrogens is 287 g/mol. The Bertz CT molecular complexity index is 525. The van der Waals surface area contributed by atoms with Crippen LogP contribution in [0.3, 0.4) is 0 Å². The average Bonchev–Trinajstić information content (AvgIpc) is 2.97. The molecule has 1 heterocycles. The first-order chi connectivity index (χ1) is 10.1. The standard InChI is InChI=1S/C15H23N2O3P/c1-4-5-9-14-12-15(21(18,19-2)20-3)16-17(14)13-10-7-6-8-11-13/h6-8,10-11,14H,4-5,9,12H2,1-3H3. The molecule has 1 unspecified atom stereocenters. The largest absolute Gasteiger partial charge is 0.376 e. The minimum atomic E-state index is -3.25. The Kier molecular flexibility index (Phi) is 5.57. The molecule has 0 fully saturated rings. The van der Waals surface area contributed by atoms with Gasteiger partial charge in [0.25, 0.3) is 0 Å². The van der Waals surface area contributed by atoms with E-state index >= 15 is 0 Å². The van der Waals surface area contributed by atoms with Gasteiger partial charge in [-0.2, -0.15) is 5.10 Å². The molecule has 21 heavy (non-hydrogen) atoms. The topological polar surface area (TPSA) is 51.1 Å². The predicted molar refractivity (Wildman–Crippen MR) is 85.9 cm³/mol. The number of rotatable bonds is 7. The summed E-state index contributed by atoms with van der Waals surface area (Å²) in [7, 11) is -0.444. The Hall–Kier alpha value is -1.16. The second-order valence-electron chi connectivity index (χ2n) is 5.06. The maximum Gasteiger partial charge on any atom is 0.376 e. The van der Waals surface area contributed by atoms with Gasteiger partial charge in [-0.15, -0.1) is 0 Å². The van der Waals surface area contributed by atoms with Crippen LogP contribution in [-0.2, 0) is 13.6 Å². The van der Waals surface area contributed by atoms with E-state index in [1.54, 1.807) is 0 Å². The average molecular weight is 310 g/mol. The first-order valence-corrected chi connectivity index (χ1v) is 8.82. The number of hydrazone groups is 1. The van der Waals surface area contributed by atoms with Crippen LogP contribution in [-0.4, -0.2) is 25.7 Å². The molecule has 0 bridgehead atoms. The van der Waals surface area contributed by atoms with E-state index in [4.69, 9.17) is 9.05 Å². The van der Waals surface area contributed by atoms with Crippen molar-refractivity contribution in [3.05, 3.63) is 30.3 Å². The fourth-order valence-corrected chi connectivity index (χ4v) is 3.72. The lowest BCUT2D eigenvalue weighted by atomic mass is 10.1. The van der Waals surface area contributed by atoms with Crippen molar-refractivity contribution in [1.82, 2.24) is 0 Å². The molecule has 2 rings (SSSR count). The molecule has 0 N–H and O–H groups in total. The SMILES string of the molecule is CCCCC1CC(P(=O)(OC)OC)=NN1c1ccccc1. The fourth-order valence-electron chi connectivity index (χ4n) is 2.51. The first kappa shape index (κ1) is 16.2. The second kappa shape index (κ2) is 7.21. The third-order valence-corrected chi connectivity index (χ3v) is 5.56. The van der Waals surface area contributed by atoms with Crippen molar-refractivity contribution >= 4 is 18.7 Å². The normalized spacial score (nSPS) is 18.9. The van der Waals surface area contributed by atoms with Crippen molar-refractivity contribution in [2.24, 2.45) is 5.10 Å². The maximum atomic E-state index is 12.5. The van der Waals surface area contributed by atoms with Crippen molar-refractivity contribution < 1.29 is 13.6 Å². The van der Waals surface area contributed by atoms with Gasteiger partial charge in [0.1, 0.15) is 0 Å². The van der Waals surface area contributed by atoms with Gasteiger partial charge in [0, 0.05) is 20.6 Å². The van der Waals surface area contributed by atoms with Crippen molar-refractivity contribution in [2.75, 3.05) is 19.2 Å². The lowest BCUT2D eigenvalue weighted by Gasteiger charge is -2.23. The number of nitrogens with zero attached hydrogens (tertiary/aromatic N) is 2. The molecule has 1 aromatic rings. The van der Waals surface area contributed by atoms with Crippen LogP contribution >= 0.6 is 7.60 Å². The summed E-state index contributed by atoms with van der Waals surface area (Å²) in [5.74, 6) is 0. The van der Waals surface area contributed by atoms with Gasteiger partial charge in [0.2, 0.25) is 0 Å². The van der Waals surface area contributed by atoms with Gasteiger partial charge < -0.3 is 9.05 Å². The van der Waals surface area contributed by atoms with E-state index in [2.05, 4.69) is 12.0 Å². The molecule has 0 aliphatic carbocycles. The van der Waals surface area contributed by atoms with E-state index in [0.717, 1.165) is 24.9 Å². The van der Waals surface area contributed by atoms with E-state index in [9.17, 15) is 4.57 Å². The zero-order valence-electron chi connectivity index (χ0n) is 12.9. The molecule has 0 amide bonds. The van der Waals surface area contributed by atoms with Crippen molar-refractivity contribution in [3.63, 3.8) is 0 Å². The number of unbranched alkanes of at least 4 members (excludes halogenated alkanes) is 1. The minimum Gasteiger partial charge on any atom is -0.308 e. The lowest BCUT2D eigenvalue weighted by Crippen LogP contribution is -2.26. The number of benzene rings is 1. The molecule has 1 aromatic carbocycles. The van der Waals surface area contributed by atoms with Crippen molar-refractivity contribution in [3.8, 4) is 0 Å². The number of hydrogen-bond donors (Lipinski definition) is 0. The highest BCUT2D eigenvalue weighted by molar-refractivity contribution is 7.72. The highest BCUT2D eigenvalue weighted by Crippen LogP contribution is 2.52. The van der Waals surface area contributed by atoms with Gasteiger partial charge in [-0.1, -0.05) is 38.0 Å². The molecule has 5 nitrogen and oxygen atoms in total. The van der Waals surface area contributed by atoms with Gasteiger partial charge in [-0.05, 0) is 18.6 Å². The van der Waals surface area contributed by atoms with Crippen molar-refractivity contribution in [1.29, 1.82) is 0 Å². The van der Waals surface area contributed by atoms with Crippen LogP contribution in [0, 0.1) is 0 Å². The van der Waals surface area contributed by atoms with E-state index in [1.807, 2.05) is 35.3 Å². The smallest absolute Gasteiger partial charge is 0.308 e.